The van der Waals surface area contributed by atoms with Gasteiger partial charge in [0, 0.05) is 5.56 Å². The van der Waals surface area contributed by atoms with Crippen molar-refractivity contribution in [3.63, 3.8) is 0 Å². The lowest BCUT2D eigenvalue weighted by Crippen LogP contribution is -2.10. The smallest absolute Gasteiger partial charge is 0.137 e. The maximum absolute atomic E-state index is 13.3. The third-order valence-corrected chi connectivity index (χ3v) is 2.09. The number of rotatable bonds is 3. The minimum atomic E-state index is -0.909. The fraction of sp³-hybridized carbons (Fsp3) is 0.200. The van der Waals surface area contributed by atoms with Crippen LogP contribution in [0.2, 0.25) is 0 Å². The summed E-state index contributed by atoms with van der Waals surface area (Å²) < 4.78 is 14.7. The van der Waals surface area contributed by atoms with Crippen LogP contribution in [-0.4, -0.2) is 19.9 Å². The maximum atomic E-state index is 13.3. The number of aliphatic hydroxyl groups excluding tert-OH is 1. The molecular weight excluding hydrogens is 197 g/mol. The standard InChI is InChI=1S/C10H10FN3O/c11-9-4-2-1-3-8(9)10(15)5-14-7-12-6-13-14/h1-4,6-7,10,15H,5H2. The van der Waals surface area contributed by atoms with E-state index < -0.39 is 11.9 Å². The minimum Gasteiger partial charge on any atom is -0.386 e. The number of hydrogen-bond acceptors (Lipinski definition) is 3. The molecule has 0 saturated heterocycles. The number of benzene rings is 1. The van der Waals surface area contributed by atoms with Crippen LogP contribution in [-0.2, 0) is 6.54 Å². The van der Waals surface area contributed by atoms with Crippen LogP contribution in [0.25, 0.3) is 0 Å². The molecule has 1 N–H and O–H groups in total. The second kappa shape index (κ2) is 4.18. The summed E-state index contributed by atoms with van der Waals surface area (Å²) in [4.78, 5) is 3.74. The van der Waals surface area contributed by atoms with Crippen LogP contribution in [0, 0.1) is 5.82 Å². The topological polar surface area (TPSA) is 50.9 Å². The molecule has 0 spiro atoms. The van der Waals surface area contributed by atoms with Gasteiger partial charge in [-0.05, 0) is 6.07 Å². The van der Waals surface area contributed by atoms with Gasteiger partial charge in [0.1, 0.15) is 24.6 Å². The lowest BCUT2D eigenvalue weighted by Gasteiger charge is -2.11. The van der Waals surface area contributed by atoms with Crippen LogP contribution >= 0.6 is 0 Å². The zero-order chi connectivity index (χ0) is 10.7. The first-order valence-electron chi connectivity index (χ1n) is 4.52. The van der Waals surface area contributed by atoms with Crippen molar-refractivity contribution < 1.29 is 9.50 Å². The highest BCUT2D eigenvalue weighted by Crippen LogP contribution is 2.17. The number of aromatic nitrogens is 3. The Labute approximate surface area is 86.0 Å². The van der Waals surface area contributed by atoms with Gasteiger partial charge in [0.2, 0.25) is 0 Å². The molecule has 0 fully saturated rings. The van der Waals surface area contributed by atoms with Crippen LogP contribution < -0.4 is 0 Å². The van der Waals surface area contributed by atoms with Gasteiger partial charge in [-0.1, -0.05) is 18.2 Å². The summed E-state index contributed by atoms with van der Waals surface area (Å²) in [5.74, 6) is -0.412. The molecule has 5 heteroatoms. The van der Waals surface area contributed by atoms with Crippen molar-refractivity contribution in [3.05, 3.63) is 48.3 Å². The Morgan fingerprint density at radius 2 is 2.20 bits per heavy atom. The molecule has 0 saturated carbocycles. The minimum absolute atomic E-state index is 0.195. The second-order valence-corrected chi connectivity index (χ2v) is 3.15. The number of hydrogen-bond donors (Lipinski definition) is 1. The highest BCUT2D eigenvalue weighted by molar-refractivity contribution is 5.19. The molecule has 0 aliphatic heterocycles. The average molecular weight is 207 g/mol. The van der Waals surface area contributed by atoms with Crippen LogP contribution in [0.3, 0.4) is 0 Å². The summed E-state index contributed by atoms with van der Waals surface area (Å²) in [7, 11) is 0. The van der Waals surface area contributed by atoms with E-state index in [1.807, 2.05) is 0 Å². The molecule has 1 unspecified atom stereocenters. The Morgan fingerprint density at radius 3 is 2.87 bits per heavy atom. The van der Waals surface area contributed by atoms with Crippen LogP contribution in [0.5, 0.6) is 0 Å². The number of aliphatic hydroxyl groups is 1. The Morgan fingerprint density at radius 1 is 1.40 bits per heavy atom. The highest BCUT2D eigenvalue weighted by Gasteiger charge is 2.12. The van der Waals surface area contributed by atoms with Crippen molar-refractivity contribution in [2.45, 2.75) is 12.6 Å². The van der Waals surface area contributed by atoms with Gasteiger partial charge in [0.15, 0.2) is 0 Å². The van der Waals surface area contributed by atoms with E-state index in [0.717, 1.165) is 0 Å². The van der Waals surface area contributed by atoms with Gasteiger partial charge in [-0.15, -0.1) is 0 Å². The van der Waals surface area contributed by atoms with E-state index in [9.17, 15) is 9.50 Å². The van der Waals surface area contributed by atoms with E-state index in [0.29, 0.717) is 0 Å². The largest absolute Gasteiger partial charge is 0.386 e. The van der Waals surface area contributed by atoms with Crippen molar-refractivity contribution in [1.29, 1.82) is 0 Å². The normalized spacial score (nSPS) is 12.7. The molecule has 1 aromatic heterocycles. The Kier molecular flexibility index (Phi) is 2.73. The predicted octanol–water partition coefficient (Wildman–Crippen LogP) is 1.15. The molecule has 0 amide bonds. The second-order valence-electron chi connectivity index (χ2n) is 3.15. The van der Waals surface area contributed by atoms with E-state index in [4.69, 9.17) is 0 Å². The average Bonchev–Trinajstić information content (AvgIpc) is 2.71. The third-order valence-electron chi connectivity index (χ3n) is 2.09. The van der Waals surface area contributed by atoms with E-state index in [2.05, 4.69) is 10.1 Å². The van der Waals surface area contributed by atoms with Gasteiger partial charge in [-0.2, -0.15) is 5.10 Å². The van der Waals surface area contributed by atoms with Crippen molar-refractivity contribution >= 4 is 0 Å². The van der Waals surface area contributed by atoms with Crippen molar-refractivity contribution in [2.75, 3.05) is 0 Å². The van der Waals surface area contributed by atoms with Crippen LogP contribution in [0.15, 0.2) is 36.9 Å². The first-order valence-corrected chi connectivity index (χ1v) is 4.52. The Hall–Kier alpha value is -1.75. The fourth-order valence-electron chi connectivity index (χ4n) is 1.35. The Bertz CT molecular complexity index is 430. The molecule has 2 rings (SSSR count). The lowest BCUT2D eigenvalue weighted by molar-refractivity contribution is 0.147. The van der Waals surface area contributed by atoms with Gasteiger partial charge in [0.05, 0.1) is 6.54 Å². The van der Waals surface area contributed by atoms with Gasteiger partial charge < -0.3 is 5.11 Å². The van der Waals surface area contributed by atoms with Crippen molar-refractivity contribution in [3.8, 4) is 0 Å². The summed E-state index contributed by atoms with van der Waals surface area (Å²) in [6.45, 7) is 0.195. The van der Waals surface area contributed by atoms with E-state index >= 15 is 0 Å². The molecule has 0 bridgehead atoms. The van der Waals surface area contributed by atoms with E-state index in [1.54, 1.807) is 18.2 Å². The quantitative estimate of drug-likeness (QED) is 0.821. The predicted molar refractivity (Wildman–Crippen MR) is 51.4 cm³/mol. The molecule has 2 aromatic rings. The van der Waals surface area contributed by atoms with E-state index in [-0.39, 0.29) is 12.1 Å². The van der Waals surface area contributed by atoms with Crippen molar-refractivity contribution in [1.82, 2.24) is 14.8 Å². The molecule has 1 heterocycles. The SMILES string of the molecule is OC(Cn1cncn1)c1ccccc1F. The summed E-state index contributed by atoms with van der Waals surface area (Å²) >= 11 is 0. The molecule has 78 valence electrons. The molecular formula is C10H10FN3O. The molecule has 4 nitrogen and oxygen atoms in total. The molecule has 1 atom stereocenters. The maximum Gasteiger partial charge on any atom is 0.137 e. The zero-order valence-electron chi connectivity index (χ0n) is 7.92. The van der Waals surface area contributed by atoms with Gasteiger partial charge in [-0.25, -0.2) is 9.37 Å². The first kappa shape index (κ1) is 9.79. The Balaban J connectivity index is 2.15. The third kappa shape index (κ3) is 2.19. The molecule has 15 heavy (non-hydrogen) atoms. The van der Waals surface area contributed by atoms with Gasteiger partial charge in [-0.3, -0.25) is 4.68 Å². The van der Waals surface area contributed by atoms with Crippen molar-refractivity contribution in [2.24, 2.45) is 0 Å². The fourth-order valence-corrected chi connectivity index (χ4v) is 1.35. The first-order chi connectivity index (χ1) is 7.27. The van der Waals surface area contributed by atoms with E-state index in [1.165, 1.54) is 23.4 Å². The molecule has 1 aromatic carbocycles. The summed E-state index contributed by atoms with van der Waals surface area (Å²) in [6.07, 6.45) is 1.94. The van der Waals surface area contributed by atoms with Crippen LogP contribution in [0.4, 0.5) is 4.39 Å². The van der Waals surface area contributed by atoms with Gasteiger partial charge >= 0.3 is 0 Å². The molecule has 0 radical (unpaired) electrons. The van der Waals surface area contributed by atoms with Crippen LogP contribution in [0.1, 0.15) is 11.7 Å². The molecule has 0 aliphatic rings. The zero-order valence-corrected chi connectivity index (χ0v) is 7.92. The monoisotopic (exact) mass is 207 g/mol. The number of nitrogens with zero attached hydrogens (tertiary/aromatic N) is 3. The molecule has 0 aliphatic carbocycles. The number of halogens is 1. The lowest BCUT2D eigenvalue weighted by atomic mass is 10.1. The summed E-state index contributed by atoms with van der Waals surface area (Å²) in [5, 5.41) is 13.6. The summed E-state index contributed by atoms with van der Waals surface area (Å²) in [6, 6.07) is 6.14. The highest BCUT2D eigenvalue weighted by atomic mass is 19.1. The van der Waals surface area contributed by atoms with Gasteiger partial charge in [0.25, 0.3) is 0 Å². The summed E-state index contributed by atoms with van der Waals surface area (Å²) in [5.41, 5.74) is 0.271.